The molecule has 0 bridgehead atoms. The van der Waals surface area contributed by atoms with Crippen LogP contribution in [0.3, 0.4) is 0 Å². The molecule has 0 spiro atoms. The smallest absolute Gasteiger partial charge is 0.358 e. The van der Waals surface area contributed by atoms with Crippen LogP contribution in [0.5, 0.6) is 0 Å². The van der Waals surface area contributed by atoms with Gasteiger partial charge in [0.1, 0.15) is 0 Å². The van der Waals surface area contributed by atoms with Crippen LogP contribution in [-0.2, 0) is 4.84 Å². The summed E-state index contributed by atoms with van der Waals surface area (Å²) < 4.78 is 0. The van der Waals surface area contributed by atoms with Crippen molar-refractivity contribution in [2.24, 2.45) is 0 Å². The molecule has 0 aliphatic heterocycles. The maximum absolute atomic E-state index is 11.1. The number of carbonyl (C=O) groups excluding carboxylic acids is 1. The molecule has 15 nitrogen and oxygen atoms in total. The minimum absolute atomic E-state index is 1.38. The van der Waals surface area contributed by atoms with Crippen LogP contribution in [0.2, 0.25) is 0 Å². The van der Waals surface area contributed by atoms with E-state index in [2.05, 4.69) is 4.84 Å². The summed E-state index contributed by atoms with van der Waals surface area (Å²) in [5, 5.41) is 40.1. The minimum Gasteiger partial charge on any atom is -0.358 e. The molecule has 1 heterocycles. The van der Waals surface area contributed by atoms with Crippen LogP contribution in [-0.4, -0.2) is 30.8 Å². The summed E-state index contributed by atoms with van der Waals surface area (Å²) in [4.78, 5) is 53.3. The van der Waals surface area contributed by atoms with Gasteiger partial charge >= 0.3 is 28.2 Å². The highest BCUT2D eigenvalue weighted by molar-refractivity contribution is 5.95. The molecular formula is C5HN5O10. The van der Waals surface area contributed by atoms with E-state index in [4.69, 9.17) is 0 Å². The first-order chi connectivity index (χ1) is 9.16. The van der Waals surface area contributed by atoms with Crippen molar-refractivity contribution in [1.29, 1.82) is 0 Å². The standard InChI is InChI=1S/C5HN5O10/c11-5(20-10(18)19)1-2(7(12)13)3(8(14)15)4(6-1)9(16)17/h6H. The molecule has 15 heteroatoms. The first kappa shape index (κ1) is 14.4. The third kappa shape index (κ3) is 2.44. The maximum atomic E-state index is 11.1. The van der Waals surface area contributed by atoms with Crippen LogP contribution in [0.15, 0.2) is 0 Å². The predicted octanol–water partition coefficient (Wildman–Crippen LogP) is 0.0878. The number of H-pyrrole nitrogens is 1. The van der Waals surface area contributed by atoms with Gasteiger partial charge in [-0.1, -0.05) is 0 Å². The summed E-state index contributed by atoms with van der Waals surface area (Å²) >= 11 is 0. The molecule has 0 aliphatic carbocycles. The average molecular weight is 291 g/mol. The van der Waals surface area contributed by atoms with Gasteiger partial charge in [0.2, 0.25) is 0 Å². The highest BCUT2D eigenvalue weighted by atomic mass is 17.0. The van der Waals surface area contributed by atoms with Crippen LogP contribution in [0.1, 0.15) is 10.5 Å². The molecule has 106 valence electrons. The Morgan fingerprint density at radius 1 is 0.900 bits per heavy atom. The summed E-state index contributed by atoms with van der Waals surface area (Å²) in [5.41, 5.74) is -4.60. The summed E-state index contributed by atoms with van der Waals surface area (Å²) in [7, 11) is 0. The molecule has 1 aromatic heterocycles. The van der Waals surface area contributed by atoms with Crippen molar-refractivity contribution in [3.05, 3.63) is 46.2 Å². The van der Waals surface area contributed by atoms with Gasteiger partial charge < -0.3 is 10.1 Å². The largest absolute Gasteiger partial charge is 0.442 e. The van der Waals surface area contributed by atoms with Gasteiger partial charge in [-0.3, -0.25) is 25.0 Å². The fourth-order valence-electron chi connectivity index (χ4n) is 1.21. The van der Waals surface area contributed by atoms with Crippen molar-refractivity contribution >= 4 is 23.2 Å². The van der Waals surface area contributed by atoms with Gasteiger partial charge in [0.25, 0.3) is 5.69 Å². The monoisotopic (exact) mass is 291 g/mol. The number of hydrogen-bond acceptors (Lipinski definition) is 10. The highest BCUT2D eigenvalue weighted by Gasteiger charge is 2.47. The lowest BCUT2D eigenvalue weighted by molar-refractivity contribution is -0.727. The maximum Gasteiger partial charge on any atom is 0.442 e. The van der Waals surface area contributed by atoms with E-state index in [1.54, 1.807) is 0 Å². The Bertz CT molecular complexity index is 645. The average Bonchev–Trinajstić information content (AvgIpc) is 2.67. The van der Waals surface area contributed by atoms with Crippen molar-refractivity contribution in [3.63, 3.8) is 0 Å². The molecule has 0 amide bonds. The van der Waals surface area contributed by atoms with Gasteiger partial charge in [-0.2, -0.15) is 0 Å². The molecular weight excluding hydrogens is 290 g/mol. The number of nitro groups is 3. The Labute approximate surface area is 105 Å². The summed E-state index contributed by atoms with van der Waals surface area (Å²) in [6.45, 7) is 0. The van der Waals surface area contributed by atoms with Crippen molar-refractivity contribution in [2.45, 2.75) is 0 Å². The number of nitrogens with one attached hydrogen (secondary N) is 1. The highest BCUT2D eigenvalue weighted by Crippen LogP contribution is 2.39. The topological polar surface area (TPSA) is 215 Å². The molecule has 0 radical (unpaired) electrons. The molecule has 1 rings (SSSR count). The van der Waals surface area contributed by atoms with Crippen molar-refractivity contribution in [1.82, 2.24) is 4.98 Å². The number of hydrogen-bond donors (Lipinski definition) is 1. The lowest BCUT2D eigenvalue weighted by Crippen LogP contribution is -2.12. The van der Waals surface area contributed by atoms with Crippen molar-refractivity contribution in [2.75, 3.05) is 0 Å². The Kier molecular flexibility index (Phi) is 3.54. The number of carbonyl (C=O) groups is 1. The Morgan fingerprint density at radius 3 is 1.75 bits per heavy atom. The van der Waals surface area contributed by atoms with E-state index in [-0.39, 0.29) is 0 Å². The second kappa shape index (κ2) is 4.92. The number of nitrogens with zero attached hydrogens (tertiary/aromatic N) is 4. The fourth-order valence-corrected chi connectivity index (χ4v) is 1.21. The van der Waals surface area contributed by atoms with E-state index in [1.807, 2.05) is 0 Å². The van der Waals surface area contributed by atoms with Crippen LogP contribution < -0.4 is 0 Å². The first-order valence-electron chi connectivity index (χ1n) is 4.22. The summed E-state index contributed by atoms with van der Waals surface area (Å²) in [6.07, 6.45) is 0. The molecule has 0 aromatic carbocycles. The lowest BCUT2D eigenvalue weighted by Gasteiger charge is -1.91. The van der Waals surface area contributed by atoms with Gasteiger partial charge in [0.15, 0.2) is 0 Å². The predicted molar refractivity (Wildman–Crippen MR) is 53.2 cm³/mol. The Morgan fingerprint density at radius 2 is 1.40 bits per heavy atom. The minimum atomic E-state index is -1.99. The van der Waals surface area contributed by atoms with Gasteiger partial charge in [-0.15, -0.1) is 10.1 Å². The fraction of sp³-hybridized carbons (Fsp3) is 0. The zero-order valence-electron chi connectivity index (χ0n) is 8.87. The van der Waals surface area contributed by atoms with E-state index in [0.29, 0.717) is 0 Å². The van der Waals surface area contributed by atoms with Gasteiger partial charge in [-0.25, -0.2) is 9.82 Å². The SMILES string of the molecule is O=C(O[N+](=O)[O-])c1[nH]c([N+](=O)[O-])c([N+](=O)[O-])c1[N+](=O)[O-]. The molecule has 0 saturated heterocycles. The molecule has 1 aromatic rings. The van der Waals surface area contributed by atoms with Gasteiger partial charge in [0.05, 0.1) is 9.85 Å². The third-order valence-electron chi connectivity index (χ3n) is 1.84. The molecule has 20 heavy (non-hydrogen) atoms. The van der Waals surface area contributed by atoms with E-state index >= 15 is 0 Å². The quantitative estimate of drug-likeness (QED) is 0.569. The number of aromatic nitrogens is 1. The van der Waals surface area contributed by atoms with E-state index in [0.717, 1.165) is 0 Å². The first-order valence-corrected chi connectivity index (χ1v) is 4.22. The normalized spacial score (nSPS) is 9.80. The summed E-state index contributed by atoms with van der Waals surface area (Å²) in [5.74, 6) is -3.46. The van der Waals surface area contributed by atoms with Crippen LogP contribution in [0.25, 0.3) is 0 Å². The van der Waals surface area contributed by atoms with Crippen LogP contribution in [0.4, 0.5) is 17.2 Å². The van der Waals surface area contributed by atoms with E-state index in [9.17, 15) is 45.3 Å². The molecule has 1 N–H and O–H groups in total. The van der Waals surface area contributed by atoms with Crippen molar-refractivity contribution < 1.29 is 29.5 Å². The molecule has 0 saturated carbocycles. The number of aromatic amines is 1. The van der Waals surface area contributed by atoms with Crippen LogP contribution in [0, 0.1) is 40.5 Å². The van der Waals surface area contributed by atoms with Gasteiger partial charge in [0, 0.05) is 0 Å². The molecule has 0 fully saturated rings. The lowest BCUT2D eigenvalue weighted by atomic mass is 10.3. The second-order valence-corrected chi connectivity index (χ2v) is 2.92. The van der Waals surface area contributed by atoms with E-state index < -0.39 is 48.7 Å². The van der Waals surface area contributed by atoms with Crippen LogP contribution >= 0.6 is 0 Å². The Hall–Kier alpha value is -3.65. The zero-order chi connectivity index (χ0) is 15.6. The number of rotatable bonds is 5. The van der Waals surface area contributed by atoms with Crippen molar-refractivity contribution in [3.8, 4) is 0 Å². The van der Waals surface area contributed by atoms with Gasteiger partial charge in [-0.05, 0) is 4.92 Å². The van der Waals surface area contributed by atoms with E-state index in [1.165, 1.54) is 4.98 Å². The summed E-state index contributed by atoms with van der Waals surface area (Å²) in [6, 6.07) is 0. The third-order valence-corrected chi connectivity index (χ3v) is 1.84. The second-order valence-electron chi connectivity index (χ2n) is 2.92. The molecule has 0 unspecified atom stereocenters. The molecule has 0 aliphatic rings. The zero-order valence-corrected chi connectivity index (χ0v) is 8.87. The Balaban J connectivity index is 3.60. The molecule has 0 atom stereocenters.